The number of anilines is 1. The third kappa shape index (κ3) is 4.09. The van der Waals surface area contributed by atoms with E-state index in [0.717, 1.165) is 16.6 Å². The number of thioether (sulfide) groups is 1. The van der Waals surface area contributed by atoms with E-state index in [1.165, 1.54) is 11.1 Å². The first-order chi connectivity index (χ1) is 13.9. The van der Waals surface area contributed by atoms with Crippen molar-refractivity contribution in [3.05, 3.63) is 53.6 Å². The summed E-state index contributed by atoms with van der Waals surface area (Å²) in [4.78, 5) is 6.82. The van der Waals surface area contributed by atoms with Gasteiger partial charge in [-0.05, 0) is 24.6 Å². The number of rotatable bonds is 5. The lowest BCUT2D eigenvalue weighted by molar-refractivity contribution is 0.403. The zero-order valence-electron chi connectivity index (χ0n) is 16.7. The highest BCUT2D eigenvalue weighted by Crippen LogP contribution is 2.41. The first-order valence-corrected chi connectivity index (χ1v) is 12.2. The summed E-state index contributed by atoms with van der Waals surface area (Å²) in [6.07, 6.45) is 0. The molecule has 0 saturated carbocycles. The second kappa shape index (κ2) is 7.91. The zero-order chi connectivity index (χ0) is 20.6. The minimum Gasteiger partial charge on any atom is -0.497 e. The predicted molar refractivity (Wildman–Crippen MR) is 118 cm³/mol. The van der Waals surface area contributed by atoms with Crippen molar-refractivity contribution in [2.75, 3.05) is 30.6 Å². The molecule has 2 heterocycles. The van der Waals surface area contributed by atoms with Gasteiger partial charge < -0.3 is 14.4 Å². The molecule has 2 atom stereocenters. The molecule has 0 amide bonds. The van der Waals surface area contributed by atoms with Crippen molar-refractivity contribution in [2.24, 2.45) is 4.99 Å². The monoisotopic (exact) mass is 432 g/mol. The van der Waals surface area contributed by atoms with E-state index in [4.69, 9.17) is 14.5 Å². The number of sulfone groups is 1. The second-order valence-electron chi connectivity index (χ2n) is 7.31. The molecule has 0 bridgehead atoms. The number of ether oxygens (including phenoxy) is 2. The van der Waals surface area contributed by atoms with Crippen LogP contribution in [0.4, 0.5) is 5.69 Å². The molecule has 8 heteroatoms. The van der Waals surface area contributed by atoms with Gasteiger partial charge in [0.05, 0.1) is 43.5 Å². The number of aliphatic imine (C=N–C) groups is 1. The number of methoxy groups -OCH3 is 2. The van der Waals surface area contributed by atoms with Gasteiger partial charge in [-0.1, -0.05) is 41.6 Å². The maximum Gasteiger partial charge on any atom is 0.164 e. The number of amidine groups is 1. The molecule has 2 aromatic carbocycles. The topological polar surface area (TPSA) is 68.2 Å². The number of fused-ring (bicyclic) bond motifs is 1. The predicted octanol–water partition coefficient (Wildman–Crippen LogP) is 3.29. The highest BCUT2D eigenvalue weighted by Gasteiger charge is 2.47. The Hall–Kier alpha value is -2.19. The van der Waals surface area contributed by atoms with Crippen molar-refractivity contribution in [1.29, 1.82) is 0 Å². The molecule has 1 fully saturated rings. The van der Waals surface area contributed by atoms with Gasteiger partial charge in [0.2, 0.25) is 0 Å². The molecule has 2 aliphatic rings. The number of benzene rings is 2. The van der Waals surface area contributed by atoms with Crippen LogP contribution in [0, 0.1) is 6.92 Å². The molecule has 2 aliphatic heterocycles. The van der Waals surface area contributed by atoms with E-state index in [9.17, 15) is 8.42 Å². The first kappa shape index (κ1) is 20.1. The van der Waals surface area contributed by atoms with Crippen LogP contribution >= 0.6 is 11.8 Å². The molecular weight excluding hydrogens is 408 g/mol. The van der Waals surface area contributed by atoms with E-state index < -0.39 is 9.84 Å². The van der Waals surface area contributed by atoms with Crippen molar-refractivity contribution >= 4 is 32.5 Å². The average Bonchev–Trinajstić information content (AvgIpc) is 3.17. The minimum absolute atomic E-state index is 0.0923. The summed E-state index contributed by atoms with van der Waals surface area (Å²) in [7, 11) is 0.115. The molecule has 2 aromatic rings. The summed E-state index contributed by atoms with van der Waals surface area (Å²) in [6.45, 7) is 2.07. The third-order valence-corrected chi connectivity index (χ3v) is 7.98. The van der Waals surface area contributed by atoms with Gasteiger partial charge in [0, 0.05) is 11.8 Å². The highest BCUT2D eigenvalue weighted by molar-refractivity contribution is 8.13. The standard InChI is InChI=1S/C21H24N2O4S2/c1-14-4-6-15(7-5-14)11-28-21-22-17-12-29(24,25)13-19(17)23(21)18-10-16(26-2)8-9-20(18)27-3/h4-10,17,19H,11-13H2,1-3H3/t17-,19-/m0/s1. The molecular formula is C21H24N2O4S2. The van der Waals surface area contributed by atoms with Gasteiger partial charge >= 0.3 is 0 Å². The van der Waals surface area contributed by atoms with E-state index in [1.54, 1.807) is 26.0 Å². The Balaban J connectivity index is 1.68. The van der Waals surface area contributed by atoms with Crippen LogP contribution < -0.4 is 14.4 Å². The molecule has 0 radical (unpaired) electrons. The minimum atomic E-state index is -3.11. The van der Waals surface area contributed by atoms with Crippen LogP contribution in [0.3, 0.4) is 0 Å². The Morgan fingerprint density at radius 1 is 1.10 bits per heavy atom. The van der Waals surface area contributed by atoms with E-state index in [0.29, 0.717) is 11.5 Å². The Labute approximate surface area is 175 Å². The molecule has 0 aliphatic carbocycles. The SMILES string of the molecule is COc1ccc(OC)c(N2C(SCc3ccc(C)cc3)=N[C@H]3CS(=O)(=O)C[C@@H]32)c1. The smallest absolute Gasteiger partial charge is 0.164 e. The maximum absolute atomic E-state index is 12.3. The Morgan fingerprint density at radius 3 is 2.55 bits per heavy atom. The molecule has 1 saturated heterocycles. The van der Waals surface area contributed by atoms with Crippen LogP contribution in [0.1, 0.15) is 11.1 Å². The molecule has 4 rings (SSSR count). The number of hydrogen-bond acceptors (Lipinski definition) is 7. The maximum atomic E-state index is 12.3. The van der Waals surface area contributed by atoms with Gasteiger partial charge in [0.25, 0.3) is 0 Å². The van der Waals surface area contributed by atoms with Gasteiger partial charge in [0.15, 0.2) is 15.0 Å². The fourth-order valence-electron chi connectivity index (χ4n) is 3.73. The molecule has 154 valence electrons. The summed E-state index contributed by atoms with van der Waals surface area (Å²) in [6, 6.07) is 13.5. The largest absolute Gasteiger partial charge is 0.497 e. The fourth-order valence-corrected chi connectivity index (χ4v) is 6.65. The second-order valence-corrected chi connectivity index (χ2v) is 10.4. The molecule has 29 heavy (non-hydrogen) atoms. The molecule has 6 nitrogen and oxygen atoms in total. The lowest BCUT2D eigenvalue weighted by atomic mass is 10.1. The van der Waals surface area contributed by atoms with E-state index in [2.05, 4.69) is 31.2 Å². The van der Waals surface area contributed by atoms with Gasteiger partial charge in [-0.2, -0.15) is 0 Å². The van der Waals surface area contributed by atoms with Crippen LogP contribution in [0.15, 0.2) is 47.5 Å². The van der Waals surface area contributed by atoms with E-state index >= 15 is 0 Å². The molecule has 0 unspecified atom stereocenters. The lowest BCUT2D eigenvalue weighted by Crippen LogP contribution is -2.39. The summed E-state index contributed by atoms with van der Waals surface area (Å²) in [5.74, 6) is 2.30. The van der Waals surface area contributed by atoms with Gasteiger partial charge in [-0.15, -0.1) is 0 Å². The van der Waals surface area contributed by atoms with E-state index in [1.807, 2.05) is 23.1 Å². The summed E-state index contributed by atoms with van der Waals surface area (Å²) in [5.41, 5.74) is 3.21. The number of hydrogen-bond donors (Lipinski definition) is 0. The van der Waals surface area contributed by atoms with Crippen LogP contribution in [-0.2, 0) is 15.6 Å². The summed E-state index contributed by atoms with van der Waals surface area (Å²) in [5, 5.41) is 0.821. The molecule has 0 spiro atoms. The average molecular weight is 433 g/mol. The van der Waals surface area contributed by atoms with Crippen LogP contribution in [-0.4, -0.2) is 51.4 Å². The van der Waals surface area contributed by atoms with Crippen LogP contribution in [0.25, 0.3) is 0 Å². The quantitative estimate of drug-likeness (QED) is 0.722. The highest BCUT2D eigenvalue weighted by atomic mass is 32.2. The van der Waals surface area contributed by atoms with Crippen molar-refractivity contribution in [2.45, 2.75) is 24.8 Å². The first-order valence-electron chi connectivity index (χ1n) is 9.38. The Bertz CT molecular complexity index is 1040. The van der Waals surface area contributed by atoms with Crippen molar-refractivity contribution in [3.63, 3.8) is 0 Å². The molecule has 0 aromatic heterocycles. The van der Waals surface area contributed by atoms with Crippen molar-refractivity contribution in [1.82, 2.24) is 0 Å². The fraction of sp³-hybridized carbons (Fsp3) is 0.381. The van der Waals surface area contributed by atoms with Crippen LogP contribution in [0.2, 0.25) is 0 Å². The van der Waals surface area contributed by atoms with Gasteiger partial charge in [-0.3, -0.25) is 4.99 Å². The normalized spacial score (nSPS) is 22.3. The summed E-state index contributed by atoms with van der Waals surface area (Å²) >= 11 is 1.62. The molecule has 0 N–H and O–H groups in total. The number of aryl methyl sites for hydroxylation is 1. The zero-order valence-corrected chi connectivity index (χ0v) is 18.3. The van der Waals surface area contributed by atoms with Gasteiger partial charge in [0.1, 0.15) is 11.5 Å². The lowest BCUT2D eigenvalue weighted by Gasteiger charge is -2.28. The van der Waals surface area contributed by atoms with Crippen LogP contribution in [0.5, 0.6) is 11.5 Å². The third-order valence-electron chi connectivity index (χ3n) is 5.24. The van der Waals surface area contributed by atoms with Crippen molar-refractivity contribution < 1.29 is 17.9 Å². The number of nitrogens with zero attached hydrogens (tertiary/aromatic N) is 2. The summed E-state index contributed by atoms with van der Waals surface area (Å²) < 4.78 is 35.5. The van der Waals surface area contributed by atoms with E-state index in [-0.39, 0.29) is 23.6 Å². The van der Waals surface area contributed by atoms with Gasteiger partial charge in [-0.25, -0.2) is 8.42 Å². The Kier molecular flexibility index (Phi) is 5.48. The Morgan fingerprint density at radius 2 is 1.86 bits per heavy atom. The van der Waals surface area contributed by atoms with Crippen molar-refractivity contribution in [3.8, 4) is 11.5 Å².